The van der Waals surface area contributed by atoms with Crippen LogP contribution in [0, 0.1) is 6.92 Å². The van der Waals surface area contributed by atoms with E-state index < -0.39 is 0 Å². The Morgan fingerprint density at radius 2 is 2.24 bits per heavy atom. The molecule has 0 saturated heterocycles. The van der Waals surface area contributed by atoms with Gasteiger partial charge >= 0.3 is 0 Å². The van der Waals surface area contributed by atoms with Crippen molar-refractivity contribution in [1.29, 1.82) is 0 Å². The van der Waals surface area contributed by atoms with Crippen molar-refractivity contribution in [3.05, 3.63) is 11.9 Å². The number of nitrogens with zero attached hydrogens (tertiary/aromatic N) is 2. The topological polar surface area (TPSA) is 58.0 Å². The summed E-state index contributed by atoms with van der Waals surface area (Å²) in [5.41, 5.74) is 1.09. The highest BCUT2D eigenvalue weighted by molar-refractivity contribution is 7.99. The number of hydrogen-bond donors (Lipinski definition) is 2. The fourth-order valence-electron chi connectivity index (χ4n) is 1.41. The number of aliphatic hydroxyl groups is 1. The maximum atomic E-state index is 8.90. The number of thioether (sulfide) groups is 1. The summed E-state index contributed by atoms with van der Waals surface area (Å²) < 4.78 is 0. The molecule has 1 aromatic heterocycles. The van der Waals surface area contributed by atoms with Crippen LogP contribution in [0.25, 0.3) is 0 Å². The number of hydrogen-bond acceptors (Lipinski definition) is 5. The lowest BCUT2D eigenvalue weighted by Gasteiger charge is -2.13. The summed E-state index contributed by atoms with van der Waals surface area (Å²) in [5, 5.41) is 13.6. The zero-order valence-corrected chi connectivity index (χ0v) is 11.5. The molecule has 0 fully saturated rings. The lowest BCUT2D eigenvalue weighted by atomic mass is 10.3. The second-order valence-corrected chi connectivity index (χ2v) is 5.45. The van der Waals surface area contributed by atoms with Gasteiger partial charge in [0.2, 0.25) is 0 Å². The van der Waals surface area contributed by atoms with Crippen LogP contribution >= 0.6 is 11.8 Å². The van der Waals surface area contributed by atoms with E-state index in [1.54, 1.807) is 18.1 Å². The third-order valence-corrected chi connectivity index (χ3v) is 3.70. The van der Waals surface area contributed by atoms with Crippen LogP contribution in [0.2, 0.25) is 0 Å². The van der Waals surface area contributed by atoms with Gasteiger partial charge < -0.3 is 10.4 Å². The Labute approximate surface area is 107 Å². The lowest BCUT2D eigenvalue weighted by Crippen LogP contribution is -2.07. The van der Waals surface area contributed by atoms with Gasteiger partial charge in [-0.15, -0.1) is 11.8 Å². The number of anilines is 1. The summed E-state index contributed by atoms with van der Waals surface area (Å²) >= 11 is 1.69. The fourth-order valence-corrected chi connectivity index (χ4v) is 2.39. The first-order valence-electron chi connectivity index (χ1n) is 6.02. The molecule has 1 rings (SSSR count). The molecule has 2 N–H and O–H groups in total. The van der Waals surface area contributed by atoms with Crippen molar-refractivity contribution in [2.24, 2.45) is 0 Å². The Morgan fingerprint density at radius 1 is 1.47 bits per heavy atom. The first-order valence-corrected chi connectivity index (χ1v) is 6.90. The van der Waals surface area contributed by atoms with Crippen molar-refractivity contribution < 1.29 is 5.11 Å². The number of nitrogens with one attached hydrogen (secondary N) is 1. The molecule has 0 bridgehead atoms. The molecular formula is C12H21N3OS. The van der Waals surface area contributed by atoms with E-state index in [0.717, 1.165) is 35.8 Å². The summed E-state index contributed by atoms with van der Waals surface area (Å²) in [7, 11) is 0. The predicted molar refractivity (Wildman–Crippen MR) is 72.6 cm³/mol. The van der Waals surface area contributed by atoms with Gasteiger partial charge in [-0.1, -0.05) is 13.8 Å². The highest BCUT2D eigenvalue weighted by Crippen LogP contribution is 2.28. The standard InChI is InChI=1S/C12H21N3OS/c1-4-6-13-11-10(3)12(15-8-14-11)17-9(2)5-7-16/h8-9,16H,4-7H2,1-3H3,(H,13,14,15). The van der Waals surface area contributed by atoms with E-state index in [0.29, 0.717) is 5.25 Å². The Morgan fingerprint density at radius 3 is 2.88 bits per heavy atom. The largest absolute Gasteiger partial charge is 0.396 e. The van der Waals surface area contributed by atoms with E-state index in [1.165, 1.54) is 0 Å². The SMILES string of the molecule is CCCNc1ncnc(SC(C)CCO)c1C. The average Bonchev–Trinajstić information content (AvgIpc) is 2.30. The smallest absolute Gasteiger partial charge is 0.133 e. The van der Waals surface area contributed by atoms with Crippen LogP contribution in [0.15, 0.2) is 11.4 Å². The normalized spacial score (nSPS) is 12.5. The first kappa shape index (κ1) is 14.3. The second kappa shape index (κ2) is 7.50. The van der Waals surface area contributed by atoms with E-state index in [-0.39, 0.29) is 6.61 Å². The molecule has 96 valence electrons. The molecule has 0 spiro atoms. The van der Waals surface area contributed by atoms with Crippen molar-refractivity contribution in [3.8, 4) is 0 Å². The summed E-state index contributed by atoms with van der Waals surface area (Å²) in [5.74, 6) is 0.917. The van der Waals surface area contributed by atoms with Gasteiger partial charge in [-0.25, -0.2) is 9.97 Å². The molecule has 0 radical (unpaired) electrons. The van der Waals surface area contributed by atoms with Gasteiger partial charge in [0.1, 0.15) is 17.2 Å². The molecule has 17 heavy (non-hydrogen) atoms. The van der Waals surface area contributed by atoms with Crippen molar-refractivity contribution in [3.63, 3.8) is 0 Å². The molecule has 0 aliphatic carbocycles. The molecule has 5 heteroatoms. The third kappa shape index (κ3) is 4.52. The minimum atomic E-state index is 0.221. The summed E-state index contributed by atoms with van der Waals surface area (Å²) in [6.45, 7) is 7.41. The van der Waals surface area contributed by atoms with Crippen molar-refractivity contribution in [2.45, 2.75) is 43.9 Å². The van der Waals surface area contributed by atoms with E-state index in [2.05, 4.69) is 29.1 Å². The molecule has 0 aliphatic rings. The van der Waals surface area contributed by atoms with Crippen LogP contribution < -0.4 is 5.32 Å². The van der Waals surface area contributed by atoms with Crippen LogP contribution in [0.1, 0.15) is 32.3 Å². The molecule has 1 unspecified atom stereocenters. The van der Waals surface area contributed by atoms with Gasteiger partial charge in [-0.3, -0.25) is 0 Å². The Balaban J connectivity index is 2.72. The maximum Gasteiger partial charge on any atom is 0.133 e. The summed E-state index contributed by atoms with van der Waals surface area (Å²) in [4.78, 5) is 8.54. The van der Waals surface area contributed by atoms with Crippen LogP contribution in [0.4, 0.5) is 5.82 Å². The molecule has 0 aliphatic heterocycles. The van der Waals surface area contributed by atoms with Crippen molar-refractivity contribution in [2.75, 3.05) is 18.5 Å². The van der Waals surface area contributed by atoms with Crippen LogP contribution in [-0.4, -0.2) is 33.5 Å². The molecule has 0 aromatic carbocycles. The van der Waals surface area contributed by atoms with Gasteiger partial charge in [0.25, 0.3) is 0 Å². The van der Waals surface area contributed by atoms with Gasteiger partial charge in [-0.05, 0) is 19.8 Å². The van der Waals surface area contributed by atoms with Crippen LogP contribution in [0.3, 0.4) is 0 Å². The third-order valence-electron chi connectivity index (χ3n) is 2.43. The van der Waals surface area contributed by atoms with E-state index in [1.807, 2.05) is 6.92 Å². The van der Waals surface area contributed by atoms with Crippen molar-refractivity contribution in [1.82, 2.24) is 9.97 Å². The van der Waals surface area contributed by atoms with E-state index in [9.17, 15) is 0 Å². The summed E-state index contributed by atoms with van der Waals surface area (Å²) in [6, 6.07) is 0. The van der Waals surface area contributed by atoms with Crippen LogP contribution in [-0.2, 0) is 0 Å². The molecule has 0 amide bonds. The molecular weight excluding hydrogens is 234 g/mol. The van der Waals surface area contributed by atoms with E-state index in [4.69, 9.17) is 5.11 Å². The average molecular weight is 255 g/mol. The predicted octanol–water partition coefficient (Wildman–Crippen LogP) is 2.47. The maximum absolute atomic E-state index is 8.90. The van der Waals surface area contributed by atoms with Gasteiger partial charge in [-0.2, -0.15) is 0 Å². The number of rotatable bonds is 7. The molecule has 4 nitrogen and oxygen atoms in total. The monoisotopic (exact) mass is 255 g/mol. The molecule has 1 aromatic rings. The molecule has 0 saturated carbocycles. The zero-order valence-electron chi connectivity index (χ0n) is 10.7. The lowest BCUT2D eigenvalue weighted by molar-refractivity contribution is 0.289. The highest BCUT2D eigenvalue weighted by Gasteiger charge is 2.10. The summed E-state index contributed by atoms with van der Waals surface area (Å²) in [6.07, 6.45) is 3.46. The minimum Gasteiger partial charge on any atom is -0.396 e. The second-order valence-electron chi connectivity index (χ2n) is 4.02. The Kier molecular flexibility index (Phi) is 6.29. The molecule has 1 atom stereocenters. The molecule has 1 heterocycles. The number of aromatic nitrogens is 2. The van der Waals surface area contributed by atoms with Gasteiger partial charge in [0, 0.05) is 24.0 Å². The number of aliphatic hydroxyl groups excluding tert-OH is 1. The Hall–Kier alpha value is -0.810. The van der Waals surface area contributed by atoms with Gasteiger partial charge in [0.05, 0.1) is 0 Å². The fraction of sp³-hybridized carbons (Fsp3) is 0.667. The highest BCUT2D eigenvalue weighted by atomic mass is 32.2. The van der Waals surface area contributed by atoms with Crippen LogP contribution in [0.5, 0.6) is 0 Å². The minimum absolute atomic E-state index is 0.221. The first-order chi connectivity index (χ1) is 8.19. The van der Waals surface area contributed by atoms with Gasteiger partial charge in [0.15, 0.2) is 0 Å². The quantitative estimate of drug-likeness (QED) is 0.579. The Bertz CT molecular complexity index is 347. The zero-order chi connectivity index (χ0) is 12.7. The van der Waals surface area contributed by atoms with Crippen molar-refractivity contribution >= 4 is 17.6 Å². The van der Waals surface area contributed by atoms with E-state index >= 15 is 0 Å².